The van der Waals surface area contributed by atoms with Crippen LogP contribution in [0.4, 0.5) is 0 Å². The Bertz CT molecular complexity index is 1660. The largest absolute Gasteiger partial charge is 0.456 e. The van der Waals surface area contributed by atoms with E-state index in [9.17, 15) is 0 Å². The molecule has 2 heterocycles. The lowest BCUT2D eigenvalue weighted by molar-refractivity contribution is 0.669. The van der Waals surface area contributed by atoms with Gasteiger partial charge in [0.2, 0.25) is 0 Å². The third-order valence-electron chi connectivity index (χ3n) is 6.40. The summed E-state index contributed by atoms with van der Waals surface area (Å²) in [6.07, 6.45) is 1.78. The Balaban J connectivity index is 1.58. The molecule has 0 spiro atoms. The first-order valence-electron chi connectivity index (χ1n) is 12.1. The number of pyridine rings is 1. The van der Waals surface area contributed by atoms with E-state index in [-0.39, 0.29) is 0 Å². The lowest BCUT2D eigenvalue weighted by atomic mass is 9.94. The molecule has 0 aliphatic heterocycles. The Morgan fingerprint density at radius 2 is 1.38 bits per heavy atom. The second-order valence-corrected chi connectivity index (χ2v) is 8.87. The topological polar surface area (TPSA) is 26.0 Å². The fourth-order valence-electron chi connectivity index (χ4n) is 4.61. The zero-order valence-electron chi connectivity index (χ0n) is 20.2. The Kier molecular flexibility index (Phi) is 4.72. The zero-order valence-corrected chi connectivity index (χ0v) is 19.2. The first kappa shape index (κ1) is 19.3. The Morgan fingerprint density at radius 3 is 2.12 bits per heavy atom. The summed E-state index contributed by atoms with van der Waals surface area (Å²) in [5, 5.41) is 2.20. The molecule has 0 saturated carbocycles. The summed E-state index contributed by atoms with van der Waals surface area (Å²) < 4.78 is 14.9. The van der Waals surface area contributed by atoms with E-state index in [1.807, 2.05) is 38.1 Å². The van der Waals surface area contributed by atoms with Crippen molar-refractivity contribution >= 4 is 21.9 Å². The highest BCUT2D eigenvalue weighted by Gasteiger charge is 2.16. The van der Waals surface area contributed by atoms with E-state index in [4.69, 9.17) is 5.79 Å². The van der Waals surface area contributed by atoms with Crippen LogP contribution in [-0.2, 0) is 0 Å². The van der Waals surface area contributed by atoms with Crippen molar-refractivity contribution in [1.29, 1.82) is 0 Å². The summed E-state index contributed by atoms with van der Waals surface area (Å²) in [4.78, 5) is 4.58. The molecule has 6 aromatic rings. The maximum atomic E-state index is 8.39. The monoisotopic (exact) mass is 440 g/mol. The quantitative estimate of drug-likeness (QED) is 0.273. The molecule has 164 valence electrons. The van der Waals surface area contributed by atoms with Gasteiger partial charge in [0.25, 0.3) is 0 Å². The number of fused-ring (bicyclic) bond motifs is 3. The first-order chi connectivity index (χ1) is 17.0. The summed E-state index contributed by atoms with van der Waals surface area (Å²) in [5.41, 5.74) is 9.06. The van der Waals surface area contributed by atoms with Crippen molar-refractivity contribution in [2.45, 2.75) is 19.7 Å². The molecule has 0 N–H and O–H groups in total. The molecular formula is C32H25NO. The number of hydrogen-bond acceptors (Lipinski definition) is 2. The van der Waals surface area contributed by atoms with E-state index in [1.165, 1.54) is 0 Å². The van der Waals surface area contributed by atoms with Gasteiger partial charge in [0, 0.05) is 23.9 Å². The maximum Gasteiger partial charge on any atom is 0.136 e. The van der Waals surface area contributed by atoms with Crippen LogP contribution in [0.15, 0.2) is 114 Å². The Labute approximate surface area is 200 Å². The van der Waals surface area contributed by atoms with E-state index in [1.54, 1.807) is 6.20 Å². The van der Waals surface area contributed by atoms with Crippen molar-refractivity contribution in [1.82, 2.24) is 4.98 Å². The number of rotatable bonds is 4. The molecule has 0 atom stereocenters. The van der Waals surface area contributed by atoms with E-state index >= 15 is 0 Å². The van der Waals surface area contributed by atoms with E-state index in [2.05, 4.69) is 83.8 Å². The van der Waals surface area contributed by atoms with Crippen LogP contribution >= 0.6 is 0 Å². The molecular weight excluding hydrogens is 414 g/mol. The maximum absolute atomic E-state index is 8.39. The van der Waals surface area contributed by atoms with Gasteiger partial charge in [-0.05, 0) is 70.1 Å². The van der Waals surface area contributed by atoms with E-state index < -0.39 is 5.89 Å². The van der Waals surface area contributed by atoms with Crippen LogP contribution in [-0.4, -0.2) is 4.98 Å². The van der Waals surface area contributed by atoms with Gasteiger partial charge >= 0.3 is 0 Å². The third kappa shape index (κ3) is 3.58. The van der Waals surface area contributed by atoms with Gasteiger partial charge in [-0.1, -0.05) is 80.6 Å². The zero-order chi connectivity index (χ0) is 24.0. The van der Waals surface area contributed by atoms with Crippen LogP contribution in [0.2, 0.25) is 0 Å². The van der Waals surface area contributed by atoms with Crippen molar-refractivity contribution in [3.63, 3.8) is 0 Å². The molecule has 2 heteroatoms. The van der Waals surface area contributed by atoms with Crippen molar-refractivity contribution in [2.24, 2.45) is 0 Å². The molecule has 0 amide bonds. The highest BCUT2D eigenvalue weighted by Crippen LogP contribution is 2.41. The van der Waals surface area contributed by atoms with Gasteiger partial charge in [0.15, 0.2) is 0 Å². The fraction of sp³-hybridized carbons (Fsp3) is 0.0938. The van der Waals surface area contributed by atoms with Crippen LogP contribution < -0.4 is 0 Å². The highest BCUT2D eigenvalue weighted by atomic mass is 16.3. The van der Waals surface area contributed by atoms with Crippen LogP contribution in [0.5, 0.6) is 0 Å². The normalized spacial score (nSPS) is 12.2. The second-order valence-electron chi connectivity index (χ2n) is 8.87. The number of benzene rings is 4. The molecule has 0 aliphatic carbocycles. The minimum atomic E-state index is -0.681. The lowest BCUT2D eigenvalue weighted by Gasteiger charge is -2.09. The summed E-state index contributed by atoms with van der Waals surface area (Å²) in [7, 11) is 0. The molecule has 0 radical (unpaired) electrons. The van der Waals surface area contributed by atoms with Crippen LogP contribution in [0, 0.1) is 0 Å². The number of furan rings is 1. The molecule has 2 aromatic heterocycles. The SMILES string of the molecule is [2H]C(C)(C)c1ccnc(-c2ccc3c(c2)oc2cc(-c4ccccc4)cc(-c4ccccc4)c23)c1. The van der Waals surface area contributed by atoms with Crippen LogP contribution in [0.25, 0.3) is 55.4 Å². The average Bonchev–Trinajstić information content (AvgIpc) is 3.26. The second kappa shape index (κ2) is 8.31. The van der Waals surface area contributed by atoms with Crippen molar-refractivity contribution in [2.75, 3.05) is 0 Å². The predicted molar refractivity (Wildman–Crippen MR) is 142 cm³/mol. The summed E-state index contributed by atoms with van der Waals surface area (Å²) in [6, 6.07) is 35.5. The van der Waals surface area contributed by atoms with Gasteiger partial charge in [0.05, 0.1) is 5.69 Å². The van der Waals surface area contributed by atoms with Crippen LogP contribution in [0.1, 0.15) is 26.7 Å². The average molecular weight is 441 g/mol. The molecule has 0 bridgehead atoms. The van der Waals surface area contributed by atoms with Gasteiger partial charge in [-0.3, -0.25) is 4.98 Å². The van der Waals surface area contributed by atoms with Gasteiger partial charge in [-0.2, -0.15) is 0 Å². The Morgan fingerprint density at radius 1 is 0.676 bits per heavy atom. The molecule has 0 aliphatic rings. The van der Waals surface area contributed by atoms with Crippen molar-refractivity contribution in [3.8, 4) is 33.5 Å². The molecule has 0 unspecified atom stereocenters. The standard InChI is InChI=1S/C32H25NO/c1-21(2)24-15-16-33-29(18-24)25-13-14-27-30(19-25)34-31-20-26(22-9-5-3-6-10-22)17-28(32(27)31)23-11-7-4-8-12-23/h3-21H,1-2H3/i21D. The molecule has 0 saturated heterocycles. The van der Waals surface area contributed by atoms with E-state index in [0.29, 0.717) is 0 Å². The minimum Gasteiger partial charge on any atom is -0.456 e. The third-order valence-corrected chi connectivity index (χ3v) is 6.40. The lowest BCUT2D eigenvalue weighted by Crippen LogP contribution is -1.90. The number of aromatic nitrogens is 1. The smallest absolute Gasteiger partial charge is 0.136 e. The van der Waals surface area contributed by atoms with Crippen molar-refractivity contribution in [3.05, 3.63) is 115 Å². The number of nitrogens with zero attached hydrogens (tertiary/aromatic N) is 1. The summed E-state index contributed by atoms with van der Waals surface area (Å²) >= 11 is 0. The minimum absolute atomic E-state index is 0.681. The van der Waals surface area contributed by atoms with Gasteiger partial charge in [0.1, 0.15) is 11.2 Å². The van der Waals surface area contributed by atoms with Crippen molar-refractivity contribution < 1.29 is 5.79 Å². The van der Waals surface area contributed by atoms with Gasteiger partial charge in [-0.25, -0.2) is 0 Å². The molecule has 34 heavy (non-hydrogen) atoms. The summed E-state index contributed by atoms with van der Waals surface area (Å²) in [5.74, 6) is -0.681. The molecule has 6 rings (SSSR count). The number of hydrogen-bond donors (Lipinski definition) is 0. The van der Waals surface area contributed by atoms with Gasteiger partial charge in [-0.15, -0.1) is 0 Å². The molecule has 4 aromatic carbocycles. The summed E-state index contributed by atoms with van der Waals surface area (Å²) in [6.45, 7) is 3.79. The van der Waals surface area contributed by atoms with Crippen LogP contribution in [0.3, 0.4) is 0 Å². The van der Waals surface area contributed by atoms with E-state index in [0.717, 1.165) is 61.0 Å². The first-order valence-corrected chi connectivity index (χ1v) is 11.6. The molecule has 0 fully saturated rings. The Hall–Kier alpha value is -4.17. The predicted octanol–water partition coefficient (Wildman–Crippen LogP) is 9.11. The fourth-order valence-corrected chi connectivity index (χ4v) is 4.61. The molecule has 2 nitrogen and oxygen atoms in total. The van der Waals surface area contributed by atoms with Gasteiger partial charge < -0.3 is 4.42 Å². The highest BCUT2D eigenvalue weighted by molar-refractivity contribution is 6.14.